The van der Waals surface area contributed by atoms with E-state index < -0.39 is 6.04 Å². The van der Waals surface area contributed by atoms with Crippen LogP contribution in [0.25, 0.3) is 11.0 Å². The summed E-state index contributed by atoms with van der Waals surface area (Å²) in [6.07, 6.45) is 0.867. The highest BCUT2D eigenvalue weighted by molar-refractivity contribution is 6.31. The number of hydrogen-bond donors (Lipinski definition) is 0. The molecule has 4 aromatic carbocycles. The smallest absolute Gasteiger partial charge is 0.295 e. The summed E-state index contributed by atoms with van der Waals surface area (Å²) in [5.41, 5.74) is 3.78. The van der Waals surface area contributed by atoms with Crippen LogP contribution in [0.5, 0.6) is 11.5 Å². The van der Waals surface area contributed by atoms with E-state index in [9.17, 15) is 9.59 Å². The van der Waals surface area contributed by atoms with Gasteiger partial charge in [0.2, 0.25) is 5.76 Å². The number of benzene rings is 4. The van der Waals surface area contributed by atoms with Crippen molar-refractivity contribution in [1.82, 2.24) is 0 Å². The molecule has 2 heterocycles. The van der Waals surface area contributed by atoms with Crippen LogP contribution in [0, 0.1) is 0 Å². The van der Waals surface area contributed by atoms with Gasteiger partial charge in [0, 0.05) is 10.7 Å². The van der Waals surface area contributed by atoms with Crippen molar-refractivity contribution in [2.45, 2.75) is 26.0 Å². The van der Waals surface area contributed by atoms with Crippen LogP contribution in [-0.4, -0.2) is 13.0 Å². The summed E-state index contributed by atoms with van der Waals surface area (Å²) in [7, 11) is 1.56. The number of amides is 1. The van der Waals surface area contributed by atoms with Crippen LogP contribution in [-0.2, 0) is 13.0 Å². The van der Waals surface area contributed by atoms with E-state index >= 15 is 0 Å². The maximum Gasteiger partial charge on any atom is 0.295 e. The van der Waals surface area contributed by atoms with Crippen LogP contribution in [0.15, 0.2) is 100 Å². The fourth-order valence-corrected chi connectivity index (χ4v) is 5.30. The van der Waals surface area contributed by atoms with Crippen molar-refractivity contribution in [3.05, 3.63) is 134 Å². The van der Waals surface area contributed by atoms with E-state index in [1.54, 1.807) is 36.3 Å². The van der Waals surface area contributed by atoms with Gasteiger partial charge < -0.3 is 13.9 Å². The van der Waals surface area contributed by atoms with Gasteiger partial charge >= 0.3 is 0 Å². The first-order valence-corrected chi connectivity index (χ1v) is 13.4. The Bertz CT molecular complexity index is 1780. The number of halogens is 1. The van der Waals surface area contributed by atoms with Gasteiger partial charge in [0.15, 0.2) is 16.9 Å². The summed E-state index contributed by atoms with van der Waals surface area (Å²) >= 11 is 6.22. The topological polar surface area (TPSA) is 69.0 Å². The maximum absolute atomic E-state index is 13.9. The van der Waals surface area contributed by atoms with Crippen LogP contribution < -0.4 is 19.8 Å². The molecule has 0 spiro atoms. The van der Waals surface area contributed by atoms with Crippen molar-refractivity contribution in [3.63, 3.8) is 0 Å². The lowest BCUT2D eigenvalue weighted by Crippen LogP contribution is -2.29. The number of carbonyl (C=O) groups excluding carboxylic acids is 1. The lowest BCUT2D eigenvalue weighted by atomic mass is 9.97. The third kappa shape index (κ3) is 4.50. The van der Waals surface area contributed by atoms with Crippen LogP contribution >= 0.6 is 11.6 Å². The summed E-state index contributed by atoms with van der Waals surface area (Å²) in [5, 5.41) is 0.733. The normalized spacial score (nSPS) is 14.4. The first-order chi connectivity index (χ1) is 19.5. The lowest BCUT2D eigenvalue weighted by molar-refractivity contribution is 0.0971. The zero-order valence-corrected chi connectivity index (χ0v) is 22.8. The van der Waals surface area contributed by atoms with Gasteiger partial charge in [-0.05, 0) is 65.6 Å². The molecule has 0 radical (unpaired) electrons. The standard InChI is InChI=1S/C33H26ClNO5/c1-3-20-9-13-24(14-10-20)35-30(29-31(36)25-18-23(34)12-16-26(25)40-32(29)33(35)37)22-11-15-27(28(17-22)38-2)39-19-21-7-5-4-6-8-21/h4-18,30H,3,19H2,1-2H3. The number of fused-ring (bicyclic) bond motifs is 2. The summed E-state index contributed by atoms with van der Waals surface area (Å²) in [6, 6.07) is 27.1. The highest BCUT2D eigenvalue weighted by Crippen LogP contribution is 2.43. The van der Waals surface area contributed by atoms with Gasteiger partial charge in [-0.15, -0.1) is 0 Å². The van der Waals surface area contributed by atoms with Gasteiger partial charge in [-0.25, -0.2) is 0 Å². The van der Waals surface area contributed by atoms with E-state index in [1.165, 1.54) is 0 Å². The third-order valence-corrected chi connectivity index (χ3v) is 7.43. The molecule has 0 fully saturated rings. The Labute approximate surface area is 236 Å². The van der Waals surface area contributed by atoms with Gasteiger partial charge in [0.1, 0.15) is 12.2 Å². The number of carbonyl (C=O) groups is 1. The molecule has 1 unspecified atom stereocenters. The van der Waals surface area contributed by atoms with E-state index in [-0.39, 0.29) is 22.7 Å². The molecule has 0 aliphatic carbocycles. The van der Waals surface area contributed by atoms with E-state index in [1.807, 2.05) is 66.7 Å². The van der Waals surface area contributed by atoms with Gasteiger partial charge in [-0.2, -0.15) is 0 Å². The third-order valence-electron chi connectivity index (χ3n) is 7.20. The lowest BCUT2D eigenvalue weighted by Gasteiger charge is -2.26. The van der Waals surface area contributed by atoms with Crippen molar-refractivity contribution < 1.29 is 18.7 Å². The number of methoxy groups -OCH3 is 1. The summed E-state index contributed by atoms with van der Waals surface area (Å²) < 4.78 is 17.8. The Hall–Kier alpha value is -4.55. The van der Waals surface area contributed by atoms with Crippen molar-refractivity contribution in [1.29, 1.82) is 0 Å². The van der Waals surface area contributed by atoms with E-state index in [0.29, 0.717) is 45.3 Å². The van der Waals surface area contributed by atoms with Crippen LogP contribution in [0.1, 0.15) is 45.8 Å². The second kappa shape index (κ2) is 10.5. The van der Waals surface area contributed by atoms with E-state index in [2.05, 4.69) is 6.92 Å². The molecule has 1 aliphatic rings. The van der Waals surface area contributed by atoms with Crippen molar-refractivity contribution >= 4 is 34.2 Å². The number of nitrogens with zero attached hydrogens (tertiary/aromatic N) is 1. The van der Waals surface area contributed by atoms with E-state index in [0.717, 1.165) is 17.5 Å². The summed E-state index contributed by atoms with van der Waals surface area (Å²) in [6.45, 7) is 2.44. The number of rotatable bonds is 7. The Morgan fingerprint density at radius 3 is 2.38 bits per heavy atom. The number of aryl methyl sites for hydroxylation is 1. The SMILES string of the molecule is CCc1ccc(N2C(=O)c3oc4ccc(Cl)cc4c(=O)c3C2c2ccc(OCc3ccccc3)c(OC)c2)cc1. The Balaban J connectivity index is 1.49. The molecule has 1 aromatic heterocycles. The highest BCUT2D eigenvalue weighted by atomic mass is 35.5. The van der Waals surface area contributed by atoms with Gasteiger partial charge in [-0.3, -0.25) is 14.5 Å². The average Bonchev–Trinajstić information content (AvgIpc) is 3.29. The highest BCUT2D eigenvalue weighted by Gasteiger charge is 2.44. The molecular weight excluding hydrogens is 526 g/mol. The van der Waals surface area contributed by atoms with Gasteiger partial charge in [0.05, 0.1) is 24.1 Å². The largest absolute Gasteiger partial charge is 0.493 e. The summed E-state index contributed by atoms with van der Waals surface area (Å²) in [5.74, 6) is 0.675. The quantitative estimate of drug-likeness (QED) is 0.211. The minimum Gasteiger partial charge on any atom is -0.493 e. The van der Waals surface area contributed by atoms with Gasteiger partial charge in [-0.1, -0.05) is 67.1 Å². The Morgan fingerprint density at radius 2 is 1.65 bits per heavy atom. The number of hydrogen-bond acceptors (Lipinski definition) is 5. The molecule has 0 N–H and O–H groups in total. The number of anilines is 1. The second-order valence-corrected chi connectivity index (χ2v) is 10.0. The molecule has 1 amide bonds. The molecule has 5 aromatic rings. The minimum atomic E-state index is -0.744. The van der Waals surface area contributed by atoms with Crippen molar-refractivity contribution in [3.8, 4) is 11.5 Å². The first kappa shape index (κ1) is 25.7. The molecule has 6 nitrogen and oxygen atoms in total. The summed E-state index contributed by atoms with van der Waals surface area (Å²) in [4.78, 5) is 29.4. The second-order valence-electron chi connectivity index (χ2n) is 9.60. The first-order valence-electron chi connectivity index (χ1n) is 13.0. The molecule has 0 saturated heterocycles. The predicted molar refractivity (Wildman–Crippen MR) is 156 cm³/mol. The maximum atomic E-state index is 13.9. The van der Waals surface area contributed by atoms with Gasteiger partial charge in [0.25, 0.3) is 5.91 Å². The molecule has 200 valence electrons. The zero-order chi connectivity index (χ0) is 27.8. The van der Waals surface area contributed by atoms with Crippen LogP contribution in [0.2, 0.25) is 5.02 Å². The molecule has 7 heteroatoms. The molecule has 6 rings (SSSR count). The predicted octanol–water partition coefficient (Wildman–Crippen LogP) is 7.35. The fourth-order valence-electron chi connectivity index (χ4n) is 5.13. The Morgan fingerprint density at radius 1 is 0.875 bits per heavy atom. The molecule has 40 heavy (non-hydrogen) atoms. The Kier molecular flexibility index (Phi) is 6.78. The van der Waals surface area contributed by atoms with Crippen molar-refractivity contribution in [2.24, 2.45) is 0 Å². The minimum absolute atomic E-state index is 0.0211. The molecular formula is C33H26ClNO5. The van der Waals surface area contributed by atoms with Crippen LogP contribution in [0.3, 0.4) is 0 Å². The van der Waals surface area contributed by atoms with E-state index in [4.69, 9.17) is 25.5 Å². The number of ether oxygens (including phenoxy) is 2. The zero-order valence-electron chi connectivity index (χ0n) is 22.0. The molecule has 0 saturated carbocycles. The van der Waals surface area contributed by atoms with Crippen molar-refractivity contribution in [2.75, 3.05) is 12.0 Å². The monoisotopic (exact) mass is 551 g/mol. The molecule has 1 atom stereocenters. The molecule has 0 bridgehead atoms. The average molecular weight is 552 g/mol. The van der Waals surface area contributed by atoms with Crippen LogP contribution in [0.4, 0.5) is 5.69 Å². The fraction of sp³-hybridized carbons (Fsp3) is 0.152. The molecule has 1 aliphatic heterocycles.